The van der Waals surface area contributed by atoms with Crippen LogP contribution in [0.3, 0.4) is 0 Å². The summed E-state index contributed by atoms with van der Waals surface area (Å²) in [6, 6.07) is 5.60. The number of carbonyl (C=O) groups is 1. The minimum Gasteiger partial charge on any atom is -0.397 e. The molecule has 0 aromatic heterocycles. The molecule has 1 fully saturated rings. The van der Waals surface area contributed by atoms with E-state index in [1.807, 2.05) is 19.1 Å². The number of piperazine rings is 1. The Hall–Kier alpha value is -1.75. The van der Waals surface area contributed by atoms with Crippen molar-refractivity contribution in [1.82, 2.24) is 10.2 Å². The van der Waals surface area contributed by atoms with Gasteiger partial charge in [0, 0.05) is 38.3 Å². The van der Waals surface area contributed by atoms with Gasteiger partial charge in [-0.25, -0.2) is 0 Å². The van der Waals surface area contributed by atoms with Crippen molar-refractivity contribution in [1.29, 1.82) is 0 Å². The predicted octanol–water partition coefficient (Wildman–Crippen LogP) is 1.55. The summed E-state index contributed by atoms with van der Waals surface area (Å²) >= 11 is 0. The molecule has 0 saturated carbocycles. The number of hydrogen-bond donors (Lipinski definition) is 2. The van der Waals surface area contributed by atoms with E-state index in [1.54, 1.807) is 6.07 Å². The third-order valence-electron chi connectivity index (χ3n) is 3.88. The molecule has 0 atom stereocenters. The van der Waals surface area contributed by atoms with Crippen LogP contribution in [0.1, 0.15) is 30.6 Å². The number of nitrogens with one attached hydrogen (secondary N) is 1. The van der Waals surface area contributed by atoms with Crippen molar-refractivity contribution in [2.75, 3.05) is 49.9 Å². The summed E-state index contributed by atoms with van der Waals surface area (Å²) in [5.41, 5.74) is 8.50. The fourth-order valence-electron chi connectivity index (χ4n) is 2.77. The quantitative estimate of drug-likeness (QED) is 0.808. The van der Waals surface area contributed by atoms with Crippen molar-refractivity contribution in [2.24, 2.45) is 0 Å². The fraction of sp³-hybridized carbons (Fsp3) is 0.562. The van der Waals surface area contributed by atoms with E-state index in [1.165, 1.54) is 13.0 Å². The maximum atomic E-state index is 11.8. The van der Waals surface area contributed by atoms with Gasteiger partial charge < -0.3 is 16.0 Å². The molecule has 0 unspecified atom stereocenters. The lowest BCUT2D eigenvalue weighted by molar-refractivity contribution is 0.0956. The van der Waals surface area contributed by atoms with Crippen molar-refractivity contribution in [3.05, 3.63) is 23.8 Å². The average molecular weight is 290 g/mol. The zero-order chi connectivity index (χ0) is 15.2. The molecule has 1 saturated heterocycles. The van der Waals surface area contributed by atoms with Gasteiger partial charge >= 0.3 is 0 Å². The second kappa shape index (κ2) is 7.31. The van der Waals surface area contributed by atoms with Crippen molar-refractivity contribution in [3.63, 3.8) is 0 Å². The first kappa shape index (κ1) is 15.6. The van der Waals surface area contributed by atoms with Crippen LogP contribution in [0.25, 0.3) is 0 Å². The highest BCUT2D eigenvalue weighted by atomic mass is 16.1. The summed E-state index contributed by atoms with van der Waals surface area (Å²) in [4.78, 5) is 16.6. The Bertz CT molecular complexity index is 481. The Morgan fingerprint density at radius 3 is 2.52 bits per heavy atom. The minimum atomic E-state index is -0.0662. The highest BCUT2D eigenvalue weighted by molar-refractivity contribution is 5.96. The Morgan fingerprint density at radius 1 is 1.24 bits per heavy atom. The topological polar surface area (TPSA) is 61.6 Å². The first-order valence-electron chi connectivity index (χ1n) is 7.80. The first-order chi connectivity index (χ1) is 10.2. The lowest BCUT2D eigenvalue weighted by Crippen LogP contribution is -2.46. The number of rotatable bonds is 5. The van der Waals surface area contributed by atoms with Crippen LogP contribution in [0.5, 0.6) is 0 Å². The maximum Gasteiger partial charge on any atom is 0.251 e. The number of benzene rings is 1. The van der Waals surface area contributed by atoms with Gasteiger partial charge in [-0.2, -0.15) is 0 Å². The molecule has 116 valence electrons. The second-order valence-electron chi connectivity index (χ2n) is 5.46. The van der Waals surface area contributed by atoms with E-state index >= 15 is 0 Å². The second-order valence-corrected chi connectivity index (χ2v) is 5.46. The zero-order valence-electron chi connectivity index (χ0n) is 13.1. The van der Waals surface area contributed by atoms with Crippen molar-refractivity contribution in [2.45, 2.75) is 20.3 Å². The molecule has 1 amide bonds. The van der Waals surface area contributed by atoms with Crippen LogP contribution in [0, 0.1) is 0 Å². The van der Waals surface area contributed by atoms with E-state index < -0.39 is 0 Å². The van der Waals surface area contributed by atoms with Gasteiger partial charge in [-0.1, -0.05) is 6.92 Å². The molecule has 1 aliphatic rings. The standard InChI is InChI=1S/C16H26N4O/c1-3-7-19-8-10-20(11-9-19)15-6-5-13(12-14(15)17)16(21)18-4-2/h5-6,12H,3-4,7-11,17H2,1-2H3,(H,18,21). The molecule has 1 aliphatic heterocycles. The summed E-state index contributed by atoms with van der Waals surface area (Å²) in [7, 11) is 0. The molecule has 1 heterocycles. The fourth-order valence-corrected chi connectivity index (χ4v) is 2.77. The van der Waals surface area contributed by atoms with E-state index in [0.29, 0.717) is 17.8 Å². The number of carbonyl (C=O) groups excluding carboxylic acids is 1. The summed E-state index contributed by atoms with van der Waals surface area (Å²) < 4.78 is 0. The Kier molecular flexibility index (Phi) is 5.44. The monoisotopic (exact) mass is 290 g/mol. The Balaban J connectivity index is 2.03. The van der Waals surface area contributed by atoms with Gasteiger partial charge in [-0.05, 0) is 38.1 Å². The smallest absolute Gasteiger partial charge is 0.251 e. The van der Waals surface area contributed by atoms with Crippen LogP contribution in [-0.4, -0.2) is 50.1 Å². The van der Waals surface area contributed by atoms with Crippen LogP contribution in [-0.2, 0) is 0 Å². The number of nitrogens with two attached hydrogens (primary N) is 1. The van der Waals surface area contributed by atoms with Crippen LogP contribution in [0.4, 0.5) is 11.4 Å². The Labute approximate surface area is 127 Å². The maximum absolute atomic E-state index is 11.8. The van der Waals surface area contributed by atoms with Gasteiger partial charge in [-0.3, -0.25) is 9.69 Å². The number of anilines is 2. The van der Waals surface area contributed by atoms with Crippen LogP contribution in [0.15, 0.2) is 18.2 Å². The summed E-state index contributed by atoms with van der Waals surface area (Å²) in [5, 5.41) is 2.79. The molecule has 1 aromatic carbocycles. The molecular formula is C16H26N4O. The number of nitrogen functional groups attached to an aromatic ring is 1. The highest BCUT2D eigenvalue weighted by Gasteiger charge is 2.18. The molecule has 0 radical (unpaired) electrons. The predicted molar refractivity (Wildman–Crippen MR) is 87.8 cm³/mol. The van der Waals surface area contributed by atoms with Crippen molar-refractivity contribution in [3.8, 4) is 0 Å². The van der Waals surface area contributed by atoms with Gasteiger partial charge in [0.1, 0.15) is 0 Å². The van der Waals surface area contributed by atoms with Crippen LogP contribution >= 0.6 is 0 Å². The molecule has 5 heteroatoms. The molecule has 0 spiro atoms. The van der Waals surface area contributed by atoms with E-state index in [0.717, 1.165) is 31.9 Å². The van der Waals surface area contributed by atoms with Gasteiger partial charge in [0.2, 0.25) is 0 Å². The molecule has 0 aliphatic carbocycles. The minimum absolute atomic E-state index is 0.0662. The molecular weight excluding hydrogens is 264 g/mol. The van der Waals surface area contributed by atoms with Crippen LogP contribution in [0.2, 0.25) is 0 Å². The number of hydrogen-bond acceptors (Lipinski definition) is 4. The summed E-state index contributed by atoms with van der Waals surface area (Å²) in [5.74, 6) is -0.0662. The Morgan fingerprint density at radius 2 is 1.95 bits per heavy atom. The molecule has 21 heavy (non-hydrogen) atoms. The third-order valence-corrected chi connectivity index (χ3v) is 3.88. The average Bonchev–Trinajstić information content (AvgIpc) is 2.49. The zero-order valence-corrected chi connectivity index (χ0v) is 13.1. The molecule has 3 N–H and O–H groups in total. The molecule has 5 nitrogen and oxygen atoms in total. The highest BCUT2D eigenvalue weighted by Crippen LogP contribution is 2.25. The summed E-state index contributed by atoms with van der Waals surface area (Å²) in [6.45, 7) is 10.0. The van der Waals surface area contributed by atoms with E-state index in [-0.39, 0.29) is 5.91 Å². The lowest BCUT2D eigenvalue weighted by Gasteiger charge is -2.36. The normalized spacial score (nSPS) is 16.0. The largest absolute Gasteiger partial charge is 0.397 e. The number of amides is 1. The summed E-state index contributed by atoms with van der Waals surface area (Å²) in [6.07, 6.45) is 1.20. The van der Waals surface area contributed by atoms with Crippen molar-refractivity contribution < 1.29 is 4.79 Å². The third kappa shape index (κ3) is 3.88. The lowest BCUT2D eigenvalue weighted by atomic mass is 10.1. The van der Waals surface area contributed by atoms with Crippen LogP contribution < -0.4 is 16.0 Å². The van der Waals surface area contributed by atoms with Gasteiger partial charge in [0.05, 0.1) is 11.4 Å². The van der Waals surface area contributed by atoms with Crippen molar-refractivity contribution >= 4 is 17.3 Å². The van der Waals surface area contributed by atoms with E-state index in [9.17, 15) is 4.79 Å². The van der Waals surface area contributed by atoms with Gasteiger partial charge in [0.15, 0.2) is 0 Å². The van der Waals surface area contributed by atoms with E-state index in [4.69, 9.17) is 5.73 Å². The molecule has 0 bridgehead atoms. The SMILES string of the molecule is CCCN1CCN(c2ccc(C(=O)NCC)cc2N)CC1. The molecule has 2 rings (SSSR count). The first-order valence-corrected chi connectivity index (χ1v) is 7.80. The van der Waals surface area contributed by atoms with Gasteiger partial charge in [0.25, 0.3) is 5.91 Å². The van der Waals surface area contributed by atoms with E-state index in [2.05, 4.69) is 22.0 Å². The molecule has 1 aromatic rings. The number of nitrogens with zero attached hydrogens (tertiary/aromatic N) is 2. The van der Waals surface area contributed by atoms with Gasteiger partial charge in [-0.15, -0.1) is 0 Å².